The van der Waals surface area contributed by atoms with Gasteiger partial charge in [-0.3, -0.25) is 4.79 Å². The number of anilines is 1. The summed E-state index contributed by atoms with van der Waals surface area (Å²) in [7, 11) is 2.02. The minimum absolute atomic E-state index is 0.0504. The largest absolute Gasteiger partial charge is 0.326 e. The monoisotopic (exact) mass is 329 g/mol. The third-order valence-corrected chi connectivity index (χ3v) is 4.52. The van der Waals surface area contributed by atoms with E-state index in [-0.39, 0.29) is 5.91 Å². The van der Waals surface area contributed by atoms with E-state index in [1.807, 2.05) is 37.4 Å². The van der Waals surface area contributed by atoms with Crippen molar-refractivity contribution in [2.24, 2.45) is 0 Å². The van der Waals surface area contributed by atoms with Gasteiger partial charge in [-0.1, -0.05) is 29.8 Å². The number of amides is 1. The molecule has 2 aromatic rings. The molecule has 120 valence electrons. The number of benzene rings is 2. The zero-order chi connectivity index (χ0) is 16.2. The zero-order valence-electron chi connectivity index (χ0n) is 13.4. The Kier molecular flexibility index (Phi) is 4.99. The van der Waals surface area contributed by atoms with Crippen molar-refractivity contribution in [1.29, 1.82) is 0 Å². The summed E-state index contributed by atoms with van der Waals surface area (Å²) >= 11 is 5.89. The van der Waals surface area contributed by atoms with Crippen molar-refractivity contribution in [3.05, 3.63) is 64.2 Å². The van der Waals surface area contributed by atoms with Crippen LogP contribution in [0.1, 0.15) is 23.1 Å². The van der Waals surface area contributed by atoms with E-state index in [1.165, 1.54) is 23.1 Å². The topological polar surface area (TPSA) is 33.5 Å². The predicted octanol–water partition coefficient (Wildman–Crippen LogP) is 2.48. The van der Waals surface area contributed by atoms with Crippen LogP contribution >= 0.6 is 11.6 Å². The minimum Gasteiger partial charge on any atom is -0.326 e. The van der Waals surface area contributed by atoms with Gasteiger partial charge in [0.15, 0.2) is 6.54 Å². The molecule has 1 atom stereocenters. The van der Waals surface area contributed by atoms with Crippen molar-refractivity contribution in [2.45, 2.75) is 25.8 Å². The lowest BCUT2D eigenvalue weighted by atomic mass is 10.1. The first kappa shape index (κ1) is 16.0. The van der Waals surface area contributed by atoms with Crippen LogP contribution in [0.15, 0.2) is 42.5 Å². The van der Waals surface area contributed by atoms with E-state index in [0.717, 1.165) is 35.0 Å². The van der Waals surface area contributed by atoms with Gasteiger partial charge >= 0.3 is 0 Å². The number of quaternary nitrogens is 1. The van der Waals surface area contributed by atoms with Crippen LogP contribution in [0.25, 0.3) is 0 Å². The van der Waals surface area contributed by atoms with Gasteiger partial charge in [0.05, 0.1) is 7.05 Å². The highest BCUT2D eigenvalue weighted by Gasteiger charge is 2.14. The standard InChI is InChI=1S/C19H21ClN2O/c1-22(12-14-5-8-17(20)9-6-14)13-19(23)21-18-10-7-15-3-2-4-16(15)11-18/h5-11H,2-4,12-13H2,1H3,(H,21,23)/p+1. The molecule has 0 heterocycles. The predicted molar refractivity (Wildman–Crippen MR) is 94.0 cm³/mol. The van der Waals surface area contributed by atoms with Gasteiger partial charge in [0.1, 0.15) is 6.54 Å². The van der Waals surface area contributed by atoms with E-state index >= 15 is 0 Å². The van der Waals surface area contributed by atoms with E-state index in [0.29, 0.717) is 6.54 Å². The second-order valence-electron chi connectivity index (χ2n) is 6.32. The summed E-state index contributed by atoms with van der Waals surface area (Å²) < 4.78 is 0. The van der Waals surface area contributed by atoms with Gasteiger partial charge < -0.3 is 10.2 Å². The number of fused-ring (bicyclic) bond motifs is 1. The Morgan fingerprint density at radius 1 is 1.13 bits per heavy atom. The molecule has 0 saturated heterocycles. The van der Waals surface area contributed by atoms with Gasteiger partial charge in [0.2, 0.25) is 0 Å². The summed E-state index contributed by atoms with van der Waals surface area (Å²) in [5.41, 5.74) is 4.89. The lowest BCUT2D eigenvalue weighted by molar-refractivity contribution is -0.885. The quantitative estimate of drug-likeness (QED) is 0.868. The van der Waals surface area contributed by atoms with Crippen molar-refractivity contribution in [2.75, 3.05) is 18.9 Å². The van der Waals surface area contributed by atoms with Crippen LogP contribution < -0.4 is 10.2 Å². The molecule has 1 aliphatic rings. The van der Waals surface area contributed by atoms with Crippen LogP contribution in [0.5, 0.6) is 0 Å². The highest BCUT2D eigenvalue weighted by molar-refractivity contribution is 6.30. The molecule has 0 aliphatic heterocycles. The molecule has 1 aliphatic carbocycles. The molecular formula is C19H22ClN2O+. The van der Waals surface area contributed by atoms with E-state index < -0.39 is 0 Å². The first-order chi connectivity index (χ1) is 11.1. The summed E-state index contributed by atoms with van der Waals surface area (Å²) in [4.78, 5) is 13.4. The average Bonchev–Trinajstić information content (AvgIpc) is 2.97. The van der Waals surface area contributed by atoms with Gasteiger partial charge in [0, 0.05) is 16.3 Å². The van der Waals surface area contributed by atoms with Crippen molar-refractivity contribution >= 4 is 23.2 Å². The summed E-state index contributed by atoms with van der Waals surface area (Å²) in [5.74, 6) is 0.0504. The van der Waals surface area contributed by atoms with Crippen LogP contribution in [-0.2, 0) is 24.2 Å². The van der Waals surface area contributed by atoms with E-state index in [9.17, 15) is 4.79 Å². The summed E-state index contributed by atoms with van der Waals surface area (Å²) in [5, 5.41) is 3.75. The lowest BCUT2D eigenvalue weighted by Gasteiger charge is -2.14. The molecule has 0 saturated carbocycles. The fraction of sp³-hybridized carbons (Fsp3) is 0.316. The van der Waals surface area contributed by atoms with Gasteiger partial charge in [-0.05, 0) is 54.7 Å². The molecule has 23 heavy (non-hydrogen) atoms. The van der Waals surface area contributed by atoms with Crippen LogP contribution in [0.2, 0.25) is 5.02 Å². The number of likely N-dealkylation sites (N-methyl/N-ethyl adjacent to an activating group) is 1. The summed E-state index contributed by atoms with van der Waals surface area (Å²) in [6.07, 6.45) is 3.51. The van der Waals surface area contributed by atoms with E-state index in [2.05, 4.69) is 17.4 Å². The minimum atomic E-state index is 0.0504. The second-order valence-corrected chi connectivity index (χ2v) is 6.76. The molecule has 0 spiro atoms. The number of halogens is 1. The first-order valence-electron chi connectivity index (χ1n) is 8.07. The number of carbonyl (C=O) groups excluding carboxylic acids is 1. The number of hydrogen-bond acceptors (Lipinski definition) is 1. The van der Waals surface area contributed by atoms with Crippen LogP contribution in [0, 0.1) is 0 Å². The highest BCUT2D eigenvalue weighted by Crippen LogP contribution is 2.24. The SMILES string of the molecule is C[NH+](CC(=O)Nc1ccc2c(c1)CCC2)Cc1ccc(Cl)cc1. The Bertz CT molecular complexity index is 697. The molecule has 1 amide bonds. The normalized spacial score (nSPS) is 14.3. The molecule has 3 nitrogen and oxygen atoms in total. The van der Waals surface area contributed by atoms with Gasteiger partial charge in [-0.25, -0.2) is 0 Å². The lowest BCUT2D eigenvalue weighted by Crippen LogP contribution is -3.08. The molecule has 0 aromatic heterocycles. The third-order valence-electron chi connectivity index (χ3n) is 4.26. The van der Waals surface area contributed by atoms with Gasteiger partial charge in [-0.2, -0.15) is 0 Å². The average molecular weight is 330 g/mol. The van der Waals surface area contributed by atoms with Gasteiger partial charge in [-0.15, -0.1) is 0 Å². The number of hydrogen-bond donors (Lipinski definition) is 2. The zero-order valence-corrected chi connectivity index (χ0v) is 14.1. The van der Waals surface area contributed by atoms with Gasteiger partial charge in [0.25, 0.3) is 5.91 Å². The smallest absolute Gasteiger partial charge is 0.279 e. The molecule has 3 rings (SSSR count). The molecule has 4 heteroatoms. The Hall–Kier alpha value is -1.84. The number of rotatable bonds is 5. The first-order valence-corrected chi connectivity index (χ1v) is 8.45. The van der Waals surface area contributed by atoms with Crippen LogP contribution in [0.4, 0.5) is 5.69 Å². The van der Waals surface area contributed by atoms with Crippen molar-refractivity contribution in [3.8, 4) is 0 Å². The Balaban J connectivity index is 1.53. The van der Waals surface area contributed by atoms with Crippen LogP contribution in [-0.4, -0.2) is 19.5 Å². The molecule has 0 radical (unpaired) electrons. The van der Waals surface area contributed by atoms with Crippen molar-refractivity contribution < 1.29 is 9.69 Å². The maximum absolute atomic E-state index is 12.2. The second kappa shape index (κ2) is 7.16. The number of carbonyl (C=O) groups is 1. The number of nitrogens with one attached hydrogen (secondary N) is 2. The Morgan fingerprint density at radius 3 is 2.65 bits per heavy atom. The fourth-order valence-electron chi connectivity index (χ4n) is 3.14. The fourth-order valence-corrected chi connectivity index (χ4v) is 3.27. The maximum Gasteiger partial charge on any atom is 0.279 e. The van der Waals surface area contributed by atoms with E-state index in [4.69, 9.17) is 11.6 Å². The molecule has 2 N–H and O–H groups in total. The number of aryl methyl sites for hydroxylation is 2. The molecular weight excluding hydrogens is 308 g/mol. The van der Waals surface area contributed by atoms with E-state index in [1.54, 1.807) is 0 Å². The Labute approximate surface area is 142 Å². The third kappa shape index (κ3) is 4.34. The maximum atomic E-state index is 12.2. The van der Waals surface area contributed by atoms with Crippen LogP contribution in [0.3, 0.4) is 0 Å². The van der Waals surface area contributed by atoms with Crippen molar-refractivity contribution in [1.82, 2.24) is 0 Å². The van der Waals surface area contributed by atoms with Crippen molar-refractivity contribution in [3.63, 3.8) is 0 Å². The molecule has 0 fully saturated rings. The summed E-state index contributed by atoms with van der Waals surface area (Å²) in [6, 6.07) is 14.0. The Morgan fingerprint density at radius 2 is 1.87 bits per heavy atom. The molecule has 1 unspecified atom stereocenters. The molecule has 2 aromatic carbocycles. The highest BCUT2D eigenvalue weighted by atomic mass is 35.5. The summed E-state index contributed by atoms with van der Waals surface area (Å²) in [6.45, 7) is 1.24. The molecule has 0 bridgehead atoms.